The van der Waals surface area contributed by atoms with E-state index in [0.717, 1.165) is 9.52 Å². The summed E-state index contributed by atoms with van der Waals surface area (Å²) >= 11 is 0. The van der Waals surface area contributed by atoms with Crippen LogP contribution in [0.5, 0.6) is 0 Å². The van der Waals surface area contributed by atoms with E-state index in [0.29, 0.717) is 0 Å². The van der Waals surface area contributed by atoms with Crippen molar-refractivity contribution in [2.75, 3.05) is 0 Å². The van der Waals surface area contributed by atoms with Crippen LogP contribution in [0.4, 0.5) is 0 Å². The third-order valence-corrected chi connectivity index (χ3v) is 2.35. The molecule has 0 atom stereocenters. The van der Waals surface area contributed by atoms with Crippen LogP contribution in [-0.2, 0) is 0 Å². The summed E-state index contributed by atoms with van der Waals surface area (Å²) in [4.78, 5) is 0. The van der Waals surface area contributed by atoms with Gasteiger partial charge in [0.2, 0.25) is 0 Å². The van der Waals surface area contributed by atoms with E-state index in [4.69, 9.17) is 0 Å². The standard InChI is InChI=1S/C7H10Si/c1-2-8-7-5-3-4-6-7/h3-5H,2,6H2,1H3. The van der Waals surface area contributed by atoms with E-state index < -0.39 is 0 Å². The summed E-state index contributed by atoms with van der Waals surface area (Å²) in [7, 11) is 1.07. The summed E-state index contributed by atoms with van der Waals surface area (Å²) in [5.41, 5.74) is 0. The lowest BCUT2D eigenvalue weighted by Gasteiger charge is -1.91. The summed E-state index contributed by atoms with van der Waals surface area (Å²) in [6, 6.07) is 1.31. The molecule has 8 heavy (non-hydrogen) atoms. The molecule has 0 saturated heterocycles. The van der Waals surface area contributed by atoms with E-state index in [2.05, 4.69) is 25.2 Å². The zero-order chi connectivity index (χ0) is 5.82. The van der Waals surface area contributed by atoms with Gasteiger partial charge in [-0.25, -0.2) is 0 Å². The van der Waals surface area contributed by atoms with Crippen molar-refractivity contribution in [1.29, 1.82) is 0 Å². The average molecular weight is 122 g/mol. The lowest BCUT2D eigenvalue weighted by molar-refractivity contribution is 1.36. The maximum atomic E-state index is 2.24. The van der Waals surface area contributed by atoms with Crippen molar-refractivity contribution in [3.63, 3.8) is 0 Å². The Morgan fingerprint density at radius 1 is 1.75 bits per heavy atom. The van der Waals surface area contributed by atoms with Gasteiger partial charge in [0.15, 0.2) is 0 Å². The molecule has 0 aromatic rings. The summed E-state index contributed by atoms with van der Waals surface area (Å²) in [6.45, 7) is 2.23. The Morgan fingerprint density at radius 2 is 2.62 bits per heavy atom. The fourth-order valence-electron chi connectivity index (χ4n) is 0.805. The first-order valence-electron chi connectivity index (χ1n) is 3.03. The quantitative estimate of drug-likeness (QED) is 0.491. The third kappa shape index (κ3) is 1.34. The molecule has 0 bridgehead atoms. The Morgan fingerprint density at radius 3 is 3.12 bits per heavy atom. The summed E-state index contributed by atoms with van der Waals surface area (Å²) in [6.07, 6.45) is 7.82. The summed E-state index contributed by atoms with van der Waals surface area (Å²) in [5.74, 6) is 0. The Bertz CT molecular complexity index is 122. The molecule has 42 valence electrons. The van der Waals surface area contributed by atoms with Crippen molar-refractivity contribution >= 4 is 9.52 Å². The smallest absolute Gasteiger partial charge is 0.0751 e. The van der Waals surface area contributed by atoms with Gasteiger partial charge >= 0.3 is 0 Å². The molecule has 0 fully saturated rings. The van der Waals surface area contributed by atoms with Gasteiger partial charge in [0.05, 0.1) is 9.52 Å². The van der Waals surface area contributed by atoms with E-state index in [1.54, 1.807) is 5.20 Å². The molecule has 0 saturated carbocycles. The van der Waals surface area contributed by atoms with E-state index in [1.807, 2.05) is 0 Å². The first kappa shape index (κ1) is 5.83. The number of hydrogen-bond acceptors (Lipinski definition) is 0. The van der Waals surface area contributed by atoms with Crippen LogP contribution in [0.15, 0.2) is 23.4 Å². The van der Waals surface area contributed by atoms with Gasteiger partial charge in [0.1, 0.15) is 0 Å². The van der Waals surface area contributed by atoms with Gasteiger partial charge in [-0.2, -0.15) is 0 Å². The highest BCUT2D eigenvalue weighted by molar-refractivity contribution is 6.45. The minimum atomic E-state index is 1.07. The van der Waals surface area contributed by atoms with Crippen LogP contribution in [0.2, 0.25) is 6.04 Å². The molecule has 2 radical (unpaired) electrons. The van der Waals surface area contributed by atoms with Crippen molar-refractivity contribution in [1.82, 2.24) is 0 Å². The monoisotopic (exact) mass is 122 g/mol. The SMILES string of the molecule is CC[Si]C1=CC=CC1. The molecule has 0 heterocycles. The molecule has 1 heteroatoms. The predicted octanol–water partition coefficient (Wildman–Crippen LogP) is 1.97. The van der Waals surface area contributed by atoms with Crippen LogP contribution in [-0.4, -0.2) is 9.52 Å². The van der Waals surface area contributed by atoms with Gasteiger partial charge in [0.25, 0.3) is 0 Å². The van der Waals surface area contributed by atoms with Crippen molar-refractivity contribution < 1.29 is 0 Å². The van der Waals surface area contributed by atoms with E-state index in [9.17, 15) is 0 Å². The fourth-order valence-corrected chi connectivity index (χ4v) is 1.74. The van der Waals surface area contributed by atoms with Gasteiger partial charge in [-0.1, -0.05) is 36.4 Å². The summed E-state index contributed by atoms with van der Waals surface area (Å²) < 4.78 is 0. The van der Waals surface area contributed by atoms with Crippen molar-refractivity contribution in [2.24, 2.45) is 0 Å². The minimum Gasteiger partial charge on any atom is -0.0816 e. The van der Waals surface area contributed by atoms with Crippen molar-refractivity contribution in [2.45, 2.75) is 19.4 Å². The Balaban J connectivity index is 2.28. The summed E-state index contributed by atoms with van der Waals surface area (Å²) in [5, 5.41) is 1.62. The first-order chi connectivity index (χ1) is 3.93. The first-order valence-corrected chi connectivity index (χ1v) is 4.23. The average Bonchev–Trinajstić information content (AvgIpc) is 2.19. The van der Waals surface area contributed by atoms with Gasteiger partial charge in [-0.3, -0.25) is 0 Å². The molecule has 1 aliphatic rings. The Labute approximate surface area is 53.1 Å². The van der Waals surface area contributed by atoms with Crippen LogP contribution in [0.3, 0.4) is 0 Å². The van der Waals surface area contributed by atoms with Gasteiger partial charge < -0.3 is 0 Å². The number of allylic oxidation sites excluding steroid dienone is 4. The lowest BCUT2D eigenvalue weighted by Crippen LogP contribution is -1.88. The van der Waals surface area contributed by atoms with Crippen LogP contribution < -0.4 is 0 Å². The van der Waals surface area contributed by atoms with Crippen LogP contribution in [0.25, 0.3) is 0 Å². The minimum absolute atomic E-state index is 1.07. The molecular formula is C7H10Si. The zero-order valence-corrected chi connectivity index (χ0v) is 6.15. The Kier molecular flexibility index (Phi) is 2.09. The molecule has 0 aliphatic heterocycles. The van der Waals surface area contributed by atoms with E-state index >= 15 is 0 Å². The topological polar surface area (TPSA) is 0 Å². The van der Waals surface area contributed by atoms with E-state index in [-0.39, 0.29) is 0 Å². The molecule has 0 aromatic carbocycles. The molecule has 0 aromatic heterocycles. The van der Waals surface area contributed by atoms with Gasteiger partial charge in [-0.15, -0.1) is 0 Å². The molecule has 0 N–H and O–H groups in total. The van der Waals surface area contributed by atoms with Gasteiger partial charge in [0, 0.05) is 0 Å². The van der Waals surface area contributed by atoms with Gasteiger partial charge in [-0.05, 0) is 6.42 Å². The normalized spacial score (nSPS) is 16.9. The molecular weight excluding hydrogens is 112 g/mol. The van der Waals surface area contributed by atoms with Crippen LogP contribution in [0.1, 0.15) is 13.3 Å². The highest BCUT2D eigenvalue weighted by atomic mass is 28.2. The second-order valence-electron chi connectivity index (χ2n) is 1.85. The highest BCUT2D eigenvalue weighted by Crippen LogP contribution is 2.08. The van der Waals surface area contributed by atoms with Crippen LogP contribution >= 0.6 is 0 Å². The second-order valence-corrected chi connectivity index (χ2v) is 3.56. The maximum Gasteiger partial charge on any atom is 0.0751 e. The Hall–Kier alpha value is -0.303. The van der Waals surface area contributed by atoms with E-state index in [1.165, 1.54) is 12.5 Å². The molecule has 0 amide bonds. The van der Waals surface area contributed by atoms with Crippen molar-refractivity contribution in [3.05, 3.63) is 23.4 Å². The van der Waals surface area contributed by atoms with Crippen LogP contribution in [0, 0.1) is 0 Å². The zero-order valence-electron chi connectivity index (χ0n) is 5.15. The lowest BCUT2D eigenvalue weighted by atomic mass is 10.5. The molecule has 1 aliphatic carbocycles. The number of rotatable bonds is 2. The third-order valence-electron chi connectivity index (χ3n) is 1.18. The van der Waals surface area contributed by atoms with Crippen molar-refractivity contribution in [3.8, 4) is 0 Å². The molecule has 0 nitrogen and oxygen atoms in total. The molecule has 0 spiro atoms. The number of hydrogen-bond donors (Lipinski definition) is 0. The largest absolute Gasteiger partial charge is 0.0816 e. The molecule has 1 rings (SSSR count). The second kappa shape index (κ2) is 2.87. The predicted molar refractivity (Wildman–Crippen MR) is 38.1 cm³/mol. The fraction of sp³-hybridized carbons (Fsp3) is 0.429. The highest BCUT2D eigenvalue weighted by Gasteiger charge is 1.96. The maximum absolute atomic E-state index is 2.24. The molecule has 0 unspecified atom stereocenters.